The zero-order valence-corrected chi connectivity index (χ0v) is 6.98. The topological polar surface area (TPSA) is 97.3 Å². The highest BCUT2D eigenvalue weighted by Crippen LogP contribution is 2.00. The van der Waals surface area contributed by atoms with Crippen LogP contribution in [-0.4, -0.2) is 46.6 Å². The van der Waals surface area contributed by atoms with Crippen molar-refractivity contribution in [2.75, 3.05) is 20.3 Å². The summed E-state index contributed by atoms with van der Waals surface area (Å²) >= 11 is 0. The lowest BCUT2D eigenvalue weighted by Crippen LogP contribution is -2.05. The first-order chi connectivity index (χ1) is 6.24. The summed E-state index contributed by atoms with van der Waals surface area (Å²) in [6.07, 6.45) is 0. The molecule has 7 nitrogen and oxygen atoms in total. The summed E-state index contributed by atoms with van der Waals surface area (Å²) in [6.45, 7) is 0.685. The average molecular weight is 187 g/mol. The van der Waals surface area contributed by atoms with Gasteiger partial charge in [-0.25, -0.2) is 4.79 Å². The molecule has 0 aliphatic carbocycles. The van der Waals surface area contributed by atoms with Gasteiger partial charge in [-0.15, -0.1) is 5.10 Å². The minimum atomic E-state index is -1.17. The molecule has 0 aliphatic rings. The minimum absolute atomic E-state index is 0.00875. The number of carboxylic acid groups (broad SMARTS) is 1. The van der Waals surface area contributed by atoms with Gasteiger partial charge in [-0.2, -0.15) is 4.98 Å². The Hall–Kier alpha value is -1.63. The third kappa shape index (κ3) is 2.71. The van der Waals surface area contributed by atoms with Crippen LogP contribution in [0.4, 0.5) is 0 Å². The fourth-order valence-electron chi connectivity index (χ4n) is 0.623. The third-order valence-electron chi connectivity index (χ3n) is 1.19. The molecule has 0 aromatic carbocycles. The summed E-state index contributed by atoms with van der Waals surface area (Å²) in [7, 11) is 1.53. The van der Waals surface area contributed by atoms with E-state index in [9.17, 15) is 4.79 Å². The zero-order chi connectivity index (χ0) is 9.68. The van der Waals surface area contributed by atoms with Gasteiger partial charge in [0.05, 0.1) is 6.61 Å². The molecule has 1 aromatic rings. The molecule has 2 N–H and O–H groups in total. The van der Waals surface area contributed by atoms with Crippen molar-refractivity contribution in [3.8, 4) is 6.01 Å². The first-order valence-corrected chi connectivity index (χ1v) is 3.51. The van der Waals surface area contributed by atoms with E-state index in [1.165, 1.54) is 7.11 Å². The first-order valence-electron chi connectivity index (χ1n) is 3.51. The first kappa shape index (κ1) is 9.46. The molecule has 0 bridgehead atoms. The molecule has 1 rings (SSSR count). The van der Waals surface area contributed by atoms with E-state index in [2.05, 4.69) is 15.2 Å². The van der Waals surface area contributed by atoms with Crippen LogP contribution >= 0.6 is 0 Å². The molecule has 0 atom stereocenters. The lowest BCUT2D eigenvalue weighted by Gasteiger charge is -1.97. The van der Waals surface area contributed by atoms with Gasteiger partial charge < -0.3 is 14.6 Å². The largest absolute Gasteiger partial charge is 0.475 e. The number of hydrogen-bond donors (Lipinski definition) is 2. The van der Waals surface area contributed by atoms with Crippen molar-refractivity contribution in [3.05, 3.63) is 5.82 Å². The van der Waals surface area contributed by atoms with Gasteiger partial charge in [0.25, 0.3) is 0 Å². The second kappa shape index (κ2) is 4.41. The minimum Gasteiger partial charge on any atom is -0.475 e. The van der Waals surface area contributed by atoms with Crippen molar-refractivity contribution in [2.45, 2.75) is 0 Å². The SMILES string of the molecule is COCCOc1n[nH]c(C(=O)O)n1. The number of ether oxygens (including phenoxy) is 2. The van der Waals surface area contributed by atoms with Crippen molar-refractivity contribution in [1.82, 2.24) is 15.2 Å². The molecule has 1 aromatic heterocycles. The predicted octanol–water partition coefficient (Wildman–Crippen LogP) is -0.472. The Kier molecular flexibility index (Phi) is 3.21. The fourth-order valence-corrected chi connectivity index (χ4v) is 0.623. The Morgan fingerprint density at radius 3 is 2.92 bits per heavy atom. The van der Waals surface area contributed by atoms with Crippen LogP contribution in [0.25, 0.3) is 0 Å². The maximum absolute atomic E-state index is 10.3. The van der Waals surface area contributed by atoms with Gasteiger partial charge in [0, 0.05) is 7.11 Å². The molecule has 72 valence electrons. The molecule has 0 fully saturated rings. The molecule has 7 heteroatoms. The average Bonchev–Trinajstić information content (AvgIpc) is 2.53. The number of methoxy groups -OCH3 is 1. The molecule has 0 unspecified atom stereocenters. The van der Waals surface area contributed by atoms with E-state index in [0.29, 0.717) is 6.61 Å². The summed E-state index contributed by atoms with van der Waals surface area (Å²) in [5, 5.41) is 14.2. The normalized spacial score (nSPS) is 9.92. The summed E-state index contributed by atoms with van der Waals surface area (Å²) in [6, 6.07) is 0.00875. The van der Waals surface area contributed by atoms with Crippen molar-refractivity contribution in [2.24, 2.45) is 0 Å². The second-order valence-electron chi connectivity index (χ2n) is 2.11. The van der Waals surface area contributed by atoms with Crippen molar-refractivity contribution < 1.29 is 19.4 Å². The van der Waals surface area contributed by atoms with Gasteiger partial charge in [0.1, 0.15) is 6.61 Å². The number of rotatable bonds is 5. The number of aromatic carboxylic acids is 1. The highest BCUT2D eigenvalue weighted by Gasteiger charge is 2.09. The summed E-state index contributed by atoms with van der Waals surface area (Å²) in [5.74, 6) is -1.42. The maximum Gasteiger partial charge on any atom is 0.373 e. The van der Waals surface area contributed by atoms with Crippen molar-refractivity contribution in [3.63, 3.8) is 0 Å². The molecule has 0 saturated heterocycles. The quantitative estimate of drug-likeness (QED) is 0.604. The van der Waals surface area contributed by atoms with E-state index in [1.54, 1.807) is 0 Å². The number of hydrogen-bond acceptors (Lipinski definition) is 5. The van der Waals surface area contributed by atoms with Crippen LogP contribution in [-0.2, 0) is 4.74 Å². The van der Waals surface area contributed by atoms with E-state index in [4.69, 9.17) is 14.6 Å². The predicted molar refractivity (Wildman–Crippen MR) is 40.7 cm³/mol. The Morgan fingerprint density at radius 2 is 2.38 bits per heavy atom. The van der Waals surface area contributed by atoms with Crippen LogP contribution in [0.1, 0.15) is 10.6 Å². The van der Waals surface area contributed by atoms with Gasteiger partial charge in [-0.1, -0.05) is 0 Å². The van der Waals surface area contributed by atoms with Crippen molar-refractivity contribution in [1.29, 1.82) is 0 Å². The summed E-state index contributed by atoms with van der Waals surface area (Å²) in [5.41, 5.74) is 0. The van der Waals surface area contributed by atoms with Crippen molar-refractivity contribution >= 4 is 5.97 Å². The highest BCUT2D eigenvalue weighted by molar-refractivity contribution is 5.82. The number of nitrogens with one attached hydrogen (secondary N) is 1. The molecule has 0 radical (unpaired) electrons. The molecule has 0 amide bonds. The van der Waals surface area contributed by atoms with Crippen LogP contribution in [0, 0.1) is 0 Å². The molecule has 13 heavy (non-hydrogen) atoms. The number of aromatic amines is 1. The molecule has 0 spiro atoms. The standard InChI is InChI=1S/C6H9N3O4/c1-12-2-3-13-6-7-4(5(10)11)8-9-6/h2-3H2,1H3,(H,10,11)(H,7,8,9). The monoisotopic (exact) mass is 187 g/mol. The third-order valence-corrected chi connectivity index (χ3v) is 1.19. The number of carbonyl (C=O) groups is 1. The van der Waals surface area contributed by atoms with Crippen LogP contribution in [0.5, 0.6) is 6.01 Å². The van der Waals surface area contributed by atoms with E-state index in [0.717, 1.165) is 0 Å². The lowest BCUT2D eigenvalue weighted by molar-refractivity contribution is 0.0683. The number of nitrogens with zero attached hydrogens (tertiary/aromatic N) is 2. The van der Waals surface area contributed by atoms with E-state index < -0.39 is 5.97 Å². The van der Waals surface area contributed by atoms with Gasteiger partial charge in [0.15, 0.2) is 0 Å². The molecule has 1 heterocycles. The molecular weight excluding hydrogens is 178 g/mol. The summed E-state index contributed by atoms with van der Waals surface area (Å²) in [4.78, 5) is 13.9. The van der Waals surface area contributed by atoms with Crippen LogP contribution in [0.2, 0.25) is 0 Å². The van der Waals surface area contributed by atoms with Crippen LogP contribution in [0.3, 0.4) is 0 Å². The molecular formula is C6H9N3O4. The van der Waals surface area contributed by atoms with Crippen LogP contribution in [0.15, 0.2) is 0 Å². The van der Waals surface area contributed by atoms with E-state index in [-0.39, 0.29) is 18.4 Å². The van der Waals surface area contributed by atoms with Gasteiger partial charge >= 0.3 is 12.0 Å². The van der Waals surface area contributed by atoms with Gasteiger partial charge in [-0.3, -0.25) is 5.10 Å². The number of aromatic nitrogens is 3. The smallest absolute Gasteiger partial charge is 0.373 e. The number of carboxylic acids is 1. The van der Waals surface area contributed by atoms with E-state index >= 15 is 0 Å². The van der Waals surface area contributed by atoms with Gasteiger partial charge in [-0.05, 0) is 0 Å². The lowest BCUT2D eigenvalue weighted by atomic mass is 10.6. The Balaban J connectivity index is 2.44. The Morgan fingerprint density at radius 1 is 1.62 bits per heavy atom. The Bertz CT molecular complexity index is 285. The van der Waals surface area contributed by atoms with Gasteiger partial charge in [0.2, 0.25) is 5.82 Å². The van der Waals surface area contributed by atoms with Crippen LogP contribution < -0.4 is 4.74 Å². The maximum atomic E-state index is 10.3. The fraction of sp³-hybridized carbons (Fsp3) is 0.500. The molecule has 0 saturated carbocycles. The second-order valence-corrected chi connectivity index (χ2v) is 2.11. The Labute approximate surface area is 73.7 Å². The zero-order valence-electron chi connectivity index (χ0n) is 6.98. The highest BCUT2D eigenvalue weighted by atomic mass is 16.5. The molecule has 0 aliphatic heterocycles. The summed E-state index contributed by atoms with van der Waals surface area (Å²) < 4.78 is 9.65. The van der Waals surface area contributed by atoms with E-state index in [1.807, 2.05) is 0 Å². The number of H-pyrrole nitrogens is 1.